The molecule has 0 fully saturated rings. The quantitative estimate of drug-likeness (QED) is 0.819. The van der Waals surface area contributed by atoms with Crippen molar-refractivity contribution in [3.8, 4) is 5.75 Å². The Morgan fingerprint density at radius 3 is 3.00 bits per heavy atom. The zero-order valence-corrected chi connectivity index (χ0v) is 9.92. The molecule has 0 spiro atoms. The van der Waals surface area contributed by atoms with Gasteiger partial charge in [-0.25, -0.2) is 0 Å². The van der Waals surface area contributed by atoms with Gasteiger partial charge in [0.05, 0.1) is 12.2 Å². The van der Waals surface area contributed by atoms with Crippen molar-refractivity contribution in [1.82, 2.24) is 0 Å². The standard InChI is InChI=1S/C13H19NO2/c1-13(2,15)6-7-14-11-3-4-12-10(9-11)5-8-16-12/h3-4,9,14-15H,5-8H2,1-2H3. The lowest BCUT2D eigenvalue weighted by Crippen LogP contribution is -2.22. The van der Waals surface area contributed by atoms with Gasteiger partial charge in [-0.3, -0.25) is 0 Å². The molecule has 3 nitrogen and oxygen atoms in total. The van der Waals surface area contributed by atoms with Crippen LogP contribution in [-0.4, -0.2) is 23.9 Å². The van der Waals surface area contributed by atoms with Crippen molar-refractivity contribution in [1.29, 1.82) is 0 Å². The third kappa shape index (κ3) is 2.89. The van der Waals surface area contributed by atoms with Crippen LogP contribution >= 0.6 is 0 Å². The summed E-state index contributed by atoms with van der Waals surface area (Å²) in [6.07, 6.45) is 1.73. The summed E-state index contributed by atoms with van der Waals surface area (Å²) in [7, 11) is 0. The molecule has 0 amide bonds. The normalized spacial score (nSPS) is 14.4. The van der Waals surface area contributed by atoms with Crippen LogP contribution in [0.3, 0.4) is 0 Å². The van der Waals surface area contributed by atoms with E-state index in [1.54, 1.807) is 0 Å². The molecule has 0 aromatic heterocycles. The van der Waals surface area contributed by atoms with Crippen LogP contribution in [0.1, 0.15) is 25.8 Å². The summed E-state index contributed by atoms with van der Waals surface area (Å²) < 4.78 is 5.44. The van der Waals surface area contributed by atoms with Crippen molar-refractivity contribution < 1.29 is 9.84 Å². The Bertz CT molecular complexity index is 369. The first kappa shape index (κ1) is 11.3. The molecule has 16 heavy (non-hydrogen) atoms. The predicted octanol–water partition coefficient (Wildman–Crippen LogP) is 2.19. The topological polar surface area (TPSA) is 41.5 Å². The molecule has 1 aromatic rings. The van der Waals surface area contributed by atoms with Crippen LogP contribution in [0.15, 0.2) is 18.2 Å². The van der Waals surface area contributed by atoms with Gasteiger partial charge in [0.15, 0.2) is 0 Å². The van der Waals surface area contributed by atoms with Gasteiger partial charge in [-0.1, -0.05) is 0 Å². The number of rotatable bonds is 4. The van der Waals surface area contributed by atoms with Gasteiger partial charge in [0.25, 0.3) is 0 Å². The Morgan fingerprint density at radius 2 is 2.25 bits per heavy atom. The average molecular weight is 221 g/mol. The van der Waals surface area contributed by atoms with E-state index in [2.05, 4.69) is 11.4 Å². The first-order chi connectivity index (χ1) is 7.54. The minimum Gasteiger partial charge on any atom is -0.493 e. The molecular weight excluding hydrogens is 202 g/mol. The Labute approximate surface area is 96.4 Å². The van der Waals surface area contributed by atoms with E-state index in [1.165, 1.54) is 5.56 Å². The van der Waals surface area contributed by atoms with E-state index < -0.39 is 5.60 Å². The Morgan fingerprint density at radius 1 is 1.44 bits per heavy atom. The summed E-state index contributed by atoms with van der Waals surface area (Å²) in [5.74, 6) is 1.01. The van der Waals surface area contributed by atoms with Gasteiger partial charge in [0.1, 0.15) is 5.75 Å². The summed E-state index contributed by atoms with van der Waals surface area (Å²) >= 11 is 0. The Balaban J connectivity index is 1.91. The van der Waals surface area contributed by atoms with Gasteiger partial charge in [0, 0.05) is 18.7 Å². The Hall–Kier alpha value is -1.22. The molecule has 0 unspecified atom stereocenters. The minimum absolute atomic E-state index is 0.604. The lowest BCUT2D eigenvalue weighted by atomic mass is 10.1. The van der Waals surface area contributed by atoms with Gasteiger partial charge in [0.2, 0.25) is 0 Å². The fourth-order valence-corrected chi connectivity index (χ4v) is 1.81. The van der Waals surface area contributed by atoms with Crippen molar-refractivity contribution >= 4 is 5.69 Å². The average Bonchev–Trinajstić information content (AvgIpc) is 2.62. The fraction of sp³-hybridized carbons (Fsp3) is 0.538. The van der Waals surface area contributed by atoms with Gasteiger partial charge >= 0.3 is 0 Å². The molecule has 1 aliphatic heterocycles. The van der Waals surface area contributed by atoms with Crippen LogP contribution < -0.4 is 10.1 Å². The summed E-state index contributed by atoms with van der Waals surface area (Å²) in [5, 5.41) is 12.9. The fourth-order valence-electron chi connectivity index (χ4n) is 1.81. The van der Waals surface area contributed by atoms with Crippen LogP contribution in [0.2, 0.25) is 0 Å². The van der Waals surface area contributed by atoms with Crippen molar-refractivity contribution in [3.05, 3.63) is 23.8 Å². The molecule has 0 aliphatic carbocycles. The zero-order chi connectivity index (χ0) is 11.6. The number of hydrogen-bond donors (Lipinski definition) is 2. The van der Waals surface area contributed by atoms with Crippen LogP contribution in [0.4, 0.5) is 5.69 Å². The SMILES string of the molecule is CC(C)(O)CCNc1ccc2c(c1)CCO2. The predicted molar refractivity (Wildman–Crippen MR) is 65.0 cm³/mol. The highest BCUT2D eigenvalue weighted by molar-refractivity contribution is 5.52. The molecule has 0 saturated heterocycles. The highest BCUT2D eigenvalue weighted by Gasteiger charge is 2.13. The number of nitrogens with one attached hydrogen (secondary N) is 1. The minimum atomic E-state index is -0.604. The number of hydrogen-bond acceptors (Lipinski definition) is 3. The summed E-state index contributed by atoms with van der Waals surface area (Å²) in [6, 6.07) is 6.16. The molecule has 0 radical (unpaired) electrons. The lowest BCUT2D eigenvalue weighted by molar-refractivity contribution is 0.0749. The van der Waals surface area contributed by atoms with Crippen LogP contribution in [0.25, 0.3) is 0 Å². The van der Waals surface area contributed by atoms with E-state index in [0.29, 0.717) is 0 Å². The third-order valence-electron chi connectivity index (χ3n) is 2.76. The van der Waals surface area contributed by atoms with Gasteiger partial charge < -0.3 is 15.2 Å². The summed E-state index contributed by atoms with van der Waals surface area (Å²) in [4.78, 5) is 0. The molecule has 2 N–H and O–H groups in total. The van der Waals surface area contributed by atoms with Crippen molar-refractivity contribution in [3.63, 3.8) is 0 Å². The molecule has 3 heteroatoms. The van der Waals surface area contributed by atoms with Crippen molar-refractivity contribution in [2.45, 2.75) is 32.3 Å². The second kappa shape index (κ2) is 4.34. The van der Waals surface area contributed by atoms with E-state index in [1.807, 2.05) is 26.0 Å². The maximum absolute atomic E-state index is 9.59. The molecule has 0 atom stereocenters. The van der Waals surface area contributed by atoms with Crippen molar-refractivity contribution in [2.75, 3.05) is 18.5 Å². The maximum Gasteiger partial charge on any atom is 0.122 e. The number of fused-ring (bicyclic) bond motifs is 1. The molecule has 2 rings (SSSR count). The van der Waals surface area contributed by atoms with Gasteiger partial charge in [-0.05, 0) is 44.0 Å². The first-order valence-corrected chi connectivity index (χ1v) is 5.77. The van der Waals surface area contributed by atoms with Crippen LogP contribution in [0, 0.1) is 0 Å². The number of anilines is 1. The first-order valence-electron chi connectivity index (χ1n) is 5.77. The van der Waals surface area contributed by atoms with Gasteiger partial charge in [-0.2, -0.15) is 0 Å². The van der Waals surface area contributed by atoms with Crippen LogP contribution in [0.5, 0.6) is 5.75 Å². The molecule has 88 valence electrons. The number of ether oxygens (including phenoxy) is 1. The van der Waals surface area contributed by atoms with Crippen LogP contribution in [-0.2, 0) is 6.42 Å². The zero-order valence-electron chi connectivity index (χ0n) is 9.92. The molecule has 1 aromatic carbocycles. The van der Waals surface area contributed by atoms with E-state index in [0.717, 1.165) is 37.4 Å². The van der Waals surface area contributed by atoms with Crippen molar-refractivity contribution in [2.24, 2.45) is 0 Å². The maximum atomic E-state index is 9.59. The molecule has 1 heterocycles. The second-order valence-corrected chi connectivity index (χ2v) is 4.91. The monoisotopic (exact) mass is 221 g/mol. The number of benzene rings is 1. The Kier molecular flexibility index (Phi) is 3.06. The van der Waals surface area contributed by atoms with E-state index in [-0.39, 0.29) is 0 Å². The van der Waals surface area contributed by atoms with E-state index >= 15 is 0 Å². The van der Waals surface area contributed by atoms with E-state index in [4.69, 9.17) is 4.74 Å². The summed E-state index contributed by atoms with van der Waals surface area (Å²) in [5.41, 5.74) is 1.77. The van der Waals surface area contributed by atoms with Gasteiger partial charge in [-0.15, -0.1) is 0 Å². The molecular formula is C13H19NO2. The highest BCUT2D eigenvalue weighted by Crippen LogP contribution is 2.27. The lowest BCUT2D eigenvalue weighted by Gasteiger charge is -2.17. The number of aliphatic hydroxyl groups is 1. The largest absolute Gasteiger partial charge is 0.493 e. The van der Waals surface area contributed by atoms with E-state index in [9.17, 15) is 5.11 Å². The molecule has 0 saturated carbocycles. The highest BCUT2D eigenvalue weighted by atomic mass is 16.5. The second-order valence-electron chi connectivity index (χ2n) is 4.91. The summed E-state index contributed by atoms with van der Waals surface area (Å²) in [6.45, 7) is 5.22. The smallest absolute Gasteiger partial charge is 0.122 e. The molecule has 1 aliphatic rings. The molecule has 0 bridgehead atoms. The third-order valence-corrected chi connectivity index (χ3v) is 2.76.